The molecule has 0 aliphatic carbocycles. The number of nitro groups is 1. The molecule has 10 nitrogen and oxygen atoms in total. The number of aromatic nitrogens is 4. The van der Waals surface area contributed by atoms with E-state index in [1.54, 1.807) is 28.8 Å². The van der Waals surface area contributed by atoms with Gasteiger partial charge in [0.15, 0.2) is 11.2 Å². The molecule has 3 aromatic carbocycles. The largest absolute Gasteiger partial charge is 0.492 e. The van der Waals surface area contributed by atoms with Crippen molar-refractivity contribution in [2.45, 2.75) is 32.9 Å². The number of rotatable bonds is 9. The van der Waals surface area contributed by atoms with E-state index in [1.807, 2.05) is 42.5 Å². The van der Waals surface area contributed by atoms with Gasteiger partial charge in [0, 0.05) is 18.7 Å². The zero-order valence-electron chi connectivity index (χ0n) is 21.6. The molecular weight excluding hydrogens is 498 g/mol. The van der Waals surface area contributed by atoms with Crippen LogP contribution in [0.4, 0.5) is 5.69 Å². The summed E-state index contributed by atoms with van der Waals surface area (Å²) in [5, 5.41) is 11.3. The summed E-state index contributed by atoms with van der Waals surface area (Å²) in [7, 11) is 0. The van der Waals surface area contributed by atoms with E-state index in [4.69, 9.17) is 4.74 Å². The Labute approximate surface area is 223 Å². The van der Waals surface area contributed by atoms with Crippen molar-refractivity contribution in [3.8, 4) is 11.4 Å². The van der Waals surface area contributed by atoms with E-state index in [2.05, 4.69) is 18.8 Å². The van der Waals surface area contributed by atoms with Crippen molar-refractivity contribution >= 4 is 16.9 Å². The van der Waals surface area contributed by atoms with Crippen molar-refractivity contribution in [2.24, 2.45) is 0 Å². The van der Waals surface area contributed by atoms with Crippen molar-refractivity contribution < 1.29 is 9.66 Å². The second-order valence-electron chi connectivity index (χ2n) is 9.45. The SMILES string of the molecule is CC(C)c1ccc(-n2c(=O)n(CCOc3ccccc3)c(=O)c3c2ncn3Cc2cccc([N+](=O)[O-])c2)cc1. The number of imidazole rings is 1. The molecule has 198 valence electrons. The summed E-state index contributed by atoms with van der Waals surface area (Å²) in [6.45, 7) is 4.47. The lowest BCUT2D eigenvalue weighted by molar-refractivity contribution is -0.384. The fraction of sp³-hybridized carbons (Fsp3) is 0.207. The first-order valence-electron chi connectivity index (χ1n) is 12.6. The summed E-state index contributed by atoms with van der Waals surface area (Å²) < 4.78 is 9.95. The predicted octanol–water partition coefficient (Wildman–Crippen LogP) is 4.51. The topological polar surface area (TPSA) is 114 Å². The third-order valence-corrected chi connectivity index (χ3v) is 6.52. The molecule has 0 aliphatic rings. The number of ether oxygens (including phenoxy) is 1. The van der Waals surface area contributed by atoms with Gasteiger partial charge in [-0.05, 0) is 41.3 Å². The van der Waals surface area contributed by atoms with Crippen molar-refractivity contribution in [3.63, 3.8) is 0 Å². The maximum atomic E-state index is 13.7. The molecule has 2 aromatic heterocycles. The second-order valence-corrected chi connectivity index (χ2v) is 9.45. The van der Waals surface area contributed by atoms with Crippen LogP contribution in [0.15, 0.2) is 94.8 Å². The normalized spacial score (nSPS) is 11.3. The molecule has 39 heavy (non-hydrogen) atoms. The minimum atomic E-state index is -0.526. The molecule has 5 rings (SSSR count). The molecule has 0 atom stereocenters. The number of benzene rings is 3. The van der Waals surface area contributed by atoms with Gasteiger partial charge in [-0.25, -0.2) is 14.3 Å². The number of nitrogens with zero attached hydrogens (tertiary/aromatic N) is 5. The highest BCUT2D eigenvalue weighted by atomic mass is 16.6. The van der Waals surface area contributed by atoms with E-state index in [-0.39, 0.29) is 36.5 Å². The van der Waals surface area contributed by atoms with Gasteiger partial charge < -0.3 is 9.30 Å². The summed E-state index contributed by atoms with van der Waals surface area (Å²) in [5.74, 6) is 0.945. The second kappa shape index (κ2) is 10.8. The zero-order valence-corrected chi connectivity index (χ0v) is 21.6. The Bertz CT molecular complexity index is 1750. The van der Waals surface area contributed by atoms with Gasteiger partial charge in [0.25, 0.3) is 11.2 Å². The summed E-state index contributed by atoms with van der Waals surface area (Å²) in [6, 6.07) is 22.9. The molecule has 0 aliphatic heterocycles. The van der Waals surface area contributed by atoms with Gasteiger partial charge in [0.05, 0.1) is 23.5 Å². The summed E-state index contributed by atoms with van der Waals surface area (Å²) in [4.78, 5) is 42.6. The Balaban J connectivity index is 1.62. The Hall–Kier alpha value is -4.99. The zero-order chi connectivity index (χ0) is 27.5. The first-order valence-corrected chi connectivity index (χ1v) is 12.6. The molecule has 0 radical (unpaired) electrons. The molecule has 0 amide bonds. The Morgan fingerprint density at radius 2 is 1.72 bits per heavy atom. The van der Waals surface area contributed by atoms with E-state index < -0.39 is 16.2 Å². The van der Waals surface area contributed by atoms with Crippen molar-refractivity contribution in [1.29, 1.82) is 0 Å². The molecule has 2 heterocycles. The van der Waals surface area contributed by atoms with Gasteiger partial charge in [-0.15, -0.1) is 0 Å². The molecule has 10 heteroatoms. The molecule has 5 aromatic rings. The van der Waals surface area contributed by atoms with E-state index in [0.717, 1.165) is 10.1 Å². The van der Waals surface area contributed by atoms with Crippen LogP contribution in [0, 0.1) is 10.1 Å². The number of hydrogen-bond donors (Lipinski definition) is 0. The highest BCUT2D eigenvalue weighted by Gasteiger charge is 2.20. The lowest BCUT2D eigenvalue weighted by atomic mass is 10.0. The van der Waals surface area contributed by atoms with Crippen LogP contribution in [-0.2, 0) is 13.1 Å². The van der Waals surface area contributed by atoms with E-state index >= 15 is 0 Å². The lowest BCUT2D eigenvalue weighted by Gasteiger charge is -2.14. The molecule has 0 saturated heterocycles. The van der Waals surface area contributed by atoms with E-state index in [1.165, 1.54) is 23.0 Å². The number of fused-ring (bicyclic) bond motifs is 1. The van der Waals surface area contributed by atoms with Crippen LogP contribution in [0.3, 0.4) is 0 Å². The number of non-ortho nitro benzene ring substituents is 1. The van der Waals surface area contributed by atoms with Gasteiger partial charge in [0.2, 0.25) is 0 Å². The van der Waals surface area contributed by atoms with Crippen LogP contribution in [0.25, 0.3) is 16.9 Å². The smallest absolute Gasteiger partial charge is 0.337 e. The van der Waals surface area contributed by atoms with Crippen LogP contribution in [0.1, 0.15) is 30.9 Å². The maximum absolute atomic E-state index is 13.7. The molecular formula is C29H27N5O5. The van der Waals surface area contributed by atoms with Crippen LogP contribution >= 0.6 is 0 Å². The van der Waals surface area contributed by atoms with Crippen LogP contribution in [0.2, 0.25) is 0 Å². The highest BCUT2D eigenvalue weighted by Crippen LogP contribution is 2.20. The van der Waals surface area contributed by atoms with Crippen molar-refractivity contribution in [1.82, 2.24) is 18.7 Å². The first-order chi connectivity index (χ1) is 18.8. The summed E-state index contributed by atoms with van der Waals surface area (Å²) in [5.41, 5.74) is 1.67. The average Bonchev–Trinajstić information content (AvgIpc) is 3.34. The Morgan fingerprint density at radius 3 is 2.41 bits per heavy atom. The molecule has 0 spiro atoms. The standard InChI is InChI=1S/C29H27N5O5/c1-20(2)22-11-13-23(14-12-22)33-27-26(31(19-30-27)18-21-7-6-8-24(17-21)34(37)38)28(35)32(29(33)36)15-16-39-25-9-4-3-5-10-25/h3-14,17,19-20H,15-16,18H2,1-2H3. The first kappa shape index (κ1) is 25.7. The van der Waals surface area contributed by atoms with Crippen LogP contribution in [-0.4, -0.2) is 30.2 Å². The minimum Gasteiger partial charge on any atom is -0.492 e. The van der Waals surface area contributed by atoms with Gasteiger partial charge >= 0.3 is 5.69 Å². The third-order valence-electron chi connectivity index (χ3n) is 6.52. The monoisotopic (exact) mass is 525 g/mol. The van der Waals surface area contributed by atoms with Gasteiger partial charge in [-0.3, -0.25) is 19.5 Å². The fourth-order valence-corrected chi connectivity index (χ4v) is 4.47. The lowest BCUT2D eigenvalue weighted by Crippen LogP contribution is -2.41. The molecule has 0 fully saturated rings. The van der Waals surface area contributed by atoms with Gasteiger partial charge in [-0.2, -0.15) is 0 Å². The Morgan fingerprint density at radius 1 is 0.974 bits per heavy atom. The average molecular weight is 526 g/mol. The van der Waals surface area contributed by atoms with E-state index in [0.29, 0.717) is 22.9 Å². The maximum Gasteiger partial charge on any atom is 0.337 e. The summed E-state index contributed by atoms with van der Waals surface area (Å²) >= 11 is 0. The number of para-hydroxylation sites is 1. The molecule has 0 N–H and O–H groups in total. The highest BCUT2D eigenvalue weighted by molar-refractivity contribution is 5.72. The van der Waals surface area contributed by atoms with Crippen LogP contribution < -0.4 is 16.0 Å². The van der Waals surface area contributed by atoms with Crippen molar-refractivity contribution in [3.05, 3.63) is 127 Å². The predicted molar refractivity (Wildman–Crippen MR) is 148 cm³/mol. The minimum absolute atomic E-state index is 0.0224. The fourth-order valence-electron chi connectivity index (χ4n) is 4.47. The Kier molecular flexibility index (Phi) is 7.09. The quantitative estimate of drug-likeness (QED) is 0.207. The molecule has 0 unspecified atom stereocenters. The van der Waals surface area contributed by atoms with Crippen molar-refractivity contribution in [2.75, 3.05) is 6.61 Å². The summed E-state index contributed by atoms with van der Waals surface area (Å²) in [6.07, 6.45) is 1.48. The number of hydrogen-bond acceptors (Lipinski definition) is 6. The van der Waals surface area contributed by atoms with E-state index in [9.17, 15) is 19.7 Å². The molecule has 0 bridgehead atoms. The number of nitro benzene ring substituents is 1. The molecule has 0 saturated carbocycles. The third kappa shape index (κ3) is 5.22. The van der Waals surface area contributed by atoms with Gasteiger partial charge in [0.1, 0.15) is 12.4 Å². The van der Waals surface area contributed by atoms with Crippen LogP contribution in [0.5, 0.6) is 5.75 Å². The van der Waals surface area contributed by atoms with Gasteiger partial charge in [-0.1, -0.05) is 56.3 Å².